The summed E-state index contributed by atoms with van der Waals surface area (Å²) < 4.78 is 0. The first-order valence-corrected chi connectivity index (χ1v) is 13.9. The summed E-state index contributed by atoms with van der Waals surface area (Å²) >= 11 is 0. The zero-order chi connectivity index (χ0) is 29.7. The number of hydrogen-bond acceptors (Lipinski definition) is 6. The van der Waals surface area contributed by atoms with Crippen LogP contribution in [0.3, 0.4) is 0 Å². The Hall–Kier alpha value is -3.51. The number of fused-ring (bicyclic) bond motifs is 3. The van der Waals surface area contributed by atoms with Crippen molar-refractivity contribution in [3.05, 3.63) is 69.3 Å². The summed E-state index contributed by atoms with van der Waals surface area (Å²) in [5.41, 5.74) is 0.539. The second-order valence-corrected chi connectivity index (χ2v) is 13.1. The SMILES string of the molecule is CC(=O)C1=C(C)[C@@H](C(C)C)[C@]2(C)C[C@]3(C)Cc4c(-c5ccc(C)cc5C)ccc(O)c4C(O)=C3C(=O)[C@]2(O)C1=O. The molecule has 210 valence electrons. The number of aliphatic hydroxyl groups excluding tert-OH is 1. The maximum Gasteiger partial charge on any atom is 0.206 e. The van der Waals surface area contributed by atoms with Crippen molar-refractivity contribution in [2.75, 3.05) is 0 Å². The fourth-order valence-corrected chi connectivity index (χ4v) is 8.62. The Kier molecular flexibility index (Phi) is 6.13. The van der Waals surface area contributed by atoms with Crippen LogP contribution in [0.15, 0.2) is 47.1 Å². The van der Waals surface area contributed by atoms with Gasteiger partial charge in [-0.25, -0.2) is 0 Å². The summed E-state index contributed by atoms with van der Waals surface area (Å²) in [6, 6.07) is 9.45. The maximum atomic E-state index is 14.5. The predicted octanol–water partition coefficient (Wildman–Crippen LogP) is 5.98. The van der Waals surface area contributed by atoms with Gasteiger partial charge in [-0.3, -0.25) is 14.4 Å². The van der Waals surface area contributed by atoms with Crippen molar-refractivity contribution in [3.8, 4) is 16.9 Å². The van der Waals surface area contributed by atoms with E-state index in [9.17, 15) is 29.7 Å². The molecule has 0 bridgehead atoms. The minimum atomic E-state index is -2.52. The number of benzene rings is 2. The van der Waals surface area contributed by atoms with E-state index in [1.165, 1.54) is 13.0 Å². The molecule has 3 aliphatic carbocycles. The Labute approximate surface area is 235 Å². The largest absolute Gasteiger partial charge is 0.507 e. The van der Waals surface area contributed by atoms with Crippen LogP contribution in [0.2, 0.25) is 0 Å². The van der Waals surface area contributed by atoms with Crippen LogP contribution in [0.5, 0.6) is 5.75 Å². The third-order valence-electron chi connectivity index (χ3n) is 9.87. The highest BCUT2D eigenvalue weighted by molar-refractivity contribution is 6.33. The fourth-order valence-electron chi connectivity index (χ4n) is 8.62. The topological polar surface area (TPSA) is 112 Å². The number of aromatic hydroxyl groups is 1. The fraction of sp³-hybridized carbons (Fsp3) is 0.441. The molecule has 0 aliphatic heterocycles. The Morgan fingerprint density at radius 1 is 0.975 bits per heavy atom. The Bertz CT molecular complexity index is 1590. The van der Waals surface area contributed by atoms with E-state index in [1.54, 1.807) is 13.8 Å². The molecule has 40 heavy (non-hydrogen) atoms. The molecule has 5 rings (SSSR count). The van der Waals surface area contributed by atoms with E-state index < -0.39 is 45.5 Å². The number of Topliss-reactive ketones (excluding diaryl/α,β-unsaturated/α-hetero) is 3. The number of allylic oxidation sites excluding steroid dienone is 1. The lowest BCUT2D eigenvalue weighted by molar-refractivity contribution is -0.180. The molecule has 0 aromatic heterocycles. The molecule has 3 N–H and O–H groups in total. The highest BCUT2D eigenvalue weighted by Gasteiger charge is 2.72. The van der Waals surface area contributed by atoms with E-state index in [1.807, 2.05) is 52.8 Å². The molecule has 1 saturated carbocycles. The number of rotatable bonds is 3. The van der Waals surface area contributed by atoms with Crippen LogP contribution in [-0.2, 0) is 20.8 Å². The van der Waals surface area contributed by atoms with Crippen molar-refractivity contribution in [1.82, 2.24) is 0 Å². The van der Waals surface area contributed by atoms with Gasteiger partial charge in [-0.15, -0.1) is 0 Å². The van der Waals surface area contributed by atoms with E-state index in [2.05, 4.69) is 6.07 Å². The summed E-state index contributed by atoms with van der Waals surface area (Å²) in [6.45, 7) is 14.7. The summed E-state index contributed by atoms with van der Waals surface area (Å²) in [5.74, 6) is -3.39. The molecular weight excluding hydrogens is 504 g/mol. The number of carbonyl (C=O) groups excluding carboxylic acids is 3. The van der Waals surface area contributed by atoms with Crippen molar-refractivity contribution >= 4 is 23.1 Å². The van der Waals surface area contributed by atoms with Crippen LogP contribution in [0, 0.1) is 36.5 Å². The number of ketones is 3. The molecule has 0 unspecified atom stereocenters. The molecule has 0 amide bonds. The van der Waals surface area contributed by atoms with Crippen molar-refractivity contribution in [3.63, 3.8) is 0 Å². The number of carbonyl (C=O) groups is 3. The lowest BCUT2D eigenvalue weighted by Gasteiger charge is -2.60. The Morgan fingerprint density at radius 3 is 2.17 bits per heavy atom. The van der Waals surface area contributed by atoms with E-state index in [-0.39, 0.29) is 34.8 Å². The molecule has 0 spiro atoms. The normalized spacial score (nSPS) is 29.9. The molecule has 1 fully saturated rings. The van der Waals surface area contributed by atoms with Gasteiger partial charge in [-0.1, -0.05) is 63.1 Å². The smallest absolute Gasteiger partial charge is 0.206 e. The standard InChI is InChI=1S/C34H38O6/c1-16(2)27-19(5)25(20(6)35)30(38)34(40)31(39)28-29(37)26-23(14-32(28,7)15-33(27,34)8)22(11-12-24(26)36)21-10-9-17(3)13-18(21)4/h9-13,16,27,36-37,40H,14-15H2,1-8H3/t27-,32+,33+,34-/m1/s1. The van der Waals surface area contributed by atoms with Gasteiger partial charge >= 0.3 is 0 Å². The van der Waals surface area contributed by atoms with Gasteiger partial charge in [0, 0.05) is 16.4 Å². The van der Waals surface area contributed by atoms with Gasteiger partial charge in [0.1, 0.15) is 11.5 Å². The first-order chi connectivity index (χ1) is 18.5. The van der Waals surface area contributed by atoms with Crippen molar-refractivity contribution < 1.29 is 29.7 Å². The Morgan fingerprint density at radius 2 is 1.60 bits per heavy atom. The lowest BCUT2D eigenvalue weighted by Crippen LogP contribution is -2.70. The number of aliphatic hydroxyl groups is 2. The Balaban J connectivity index is 1.82. The van der Waals surface area contributed by atoms with Gasteiger partial charge in [0.2, 0.25) is 11.6 Å². The van der Waals surface area contributed by atoms with Gasteiger partial charge in [0.15, 0.2) is 11.4 Å². The molecule has 2 aromatic carbocycles. The van der Waals surface area contributed by atoms with Gasteiger partial charge in [0.05, 0.1) is 11.1 Å². The van der Waals surface area contributed by atoms with E-state index in [0.29, 0.717) is 12.0 Å². The van der Waals surface area contributed by atoms with E-state index in [4.69, 9.17) is 0 Å². The van der Waals surface area contributed by atoms with Crippen LogP contribution < -0.4 is 0 Å². The minimum absolute atomic E-state index is 0.0636. The quantitative estimate of drug-likeness (QED) is 0.325. The zero-order valence-electron chi connectivity index (χ0n) is 24.5. The first-order valence-electron chi connectivity index (χ1n) is 13.9. The summed E-state index contributed by atoms with van der Waals surface area (Å²) in [5, 5.41) is 34.9. The summed E-state index contributed by atoms with van der Waals surface area (Å²) in [6.07, 6.45) is 0.539. The average molecular weight is 543 g/mol. The molecule has 0 radical (unpaired) electrons. The number of phenolic OH excluding ortho intramolecular Hbond substituents is 1. The third kappa shape index (κ3) is 3.41. The van der Waals surface area contributed by atoms with Gasteiger partial charge < -0.3 is 15.3 Å². The number of phenols is 1. The van der Waals surface area contributed by atoms with Crippen molar-refractivity contribution in [2.45, 2.75) is 73.8 Å². The van der Waals surface area contributed by atoms with Gasteiger partial charge in [-0.05, 0) is 80.7 Å². The second kappa shape index (κ2) is 8.74. The average Bonchev–Trinajstić information content (AvgIpc) is 2.81. The van der Waals surface area contributed by atoms with Gasteiger partial charge in [0.25, 0.3) is 0 Å². The van der Waals surface area contributed by atoms with Crippen LogP contribution in [0.4, 0.5) is 0 Å². The second-order valence-electron chi connectivity index (χ2n) is 13.1. The molecule has 3 aliphatic rings. The highest BCUT2D eigenvalue weighted by atomic mass is 16.3. The monoisotopic (exact) mass is 542 g/mol. The van der Waals surface area contributed by atoms with Crippen molar-refractivity contribution in [2.24, 2.45) is 22.7 Å². The van der Waals surface area contributed by atoms with E-state index >= 15 is 0 Å². The molecule has 6 heteroatoms. The molecular formula is C34H38O6. The number of aryl methyl sites for hydroxylation is 2. The first kappa shape index (κ1) is 28.0. The molecule has 4 atom stereocenters. The van der Waals surface area contributed by atoms with Crippen LogP contribution in [0.1, 0.15) is 70.2 Å². The molecule has 2 aromatic rings. The van der Waals surface area contributed by atoms with Crippen LogP contribution in [0.25, 0.3) is 16.9 Å². The number of hydrogen-bond donors (Lipinski definition) is 3. The molecule has 0 heterocycles. The predicted molar refractivity (Wildman–Crippen MR) is 154 cm³/mol. The molecule has 0 saturated heterocycles. The minimum Gasteiger partial charge on any atom is -0.507 e. The highest BCUT2D eigenvalue weighted by Crippen LogP contribution is 2.65. The summed E-state index contributed by atoms with van der Waals surface area (Å²) in [4.78, 5) is 41.0. The van der Waals surface area contributed by atoms with E-state index in [0.717, 1.165) is 27.8 Å². The molecule has 6 nitrogen and oxygen atoms in total. The lowest BCUT2D eigenvalue weighted by atomic mass is 9.42. The van der Waals surface area contributed by atoms with Crippen molar-refractivity contribution in [1.29, 1.82) is 0 Å². The van der Waals surface area contributed by atoms with Crippen LogP contribution >= 0.6 is 0 Å². The van der Waals surface area contributed by atoms with Gasteiger partial charge in [-0.2, -0.15) is 0 Å². The summed E-state index contributed by atoms with van der Waals surface area (Å²) in [7, 11) is 0. The third-order valence-corrected chi connectivity index (χ3v) is 9.87. The maximum absolute atomic E-state index is 14.5. The van der Waals surface area contributed by atoms with Crippen LogP contribution in [-0.4, -0.2) is 38.3 Å². The zero-order valence-corrected chi connectivity index (χ0v) is 24.5.